The third-order valence-corrected chi connectivity index (χ3v) is 2.75. The monoisotopic (exact) mass is 307 g/mol. The van der Waals surface area contributed by atoms with Crippen molar-refractivity contribution in [1.82, 2.24) is 0 Å². The number of carbonyl (C=O) groups is 3. The van der Waals surface area contributed by atoms with Crippen LogP contribution in [-0.4, -0.2) is 50.3 Å². The number of anilines is 1. The lowest BCUT2D eigenvalue weighted by Gasteiger charge is -2.22. The van der Waals surface area contributed by atoms with Gasteiger partial charge in [-0.2, -0.15) is 0 Å². The van der Waals surface area contributed by atoms with Gasteiger partial charge in [0.1, 0.15) is 13.1 Å². The van der Waals surface area contributed by atoms with Crippen LogP contribution in [0.5, 0.6) is 0 Å². The first kappa shape index (κ1) is 17.2. The fourth-order valence-corrected chi connectivity index (χ4v) is 1.67. The largest absolute Gasteiger partial charge is 0.478 e. The Labute approximate surface area is 127 Å². The fourth-order valence-electron chi connectivity index (χ4n) is 1.67. The minimum Gasteiger partial charge on any atom is -0.478 e. The van der Waals surface area contributed by atoms with E-state index in [1.54, 1.807) is 24.3 Å². The smallest absolute Gasteiger partial charge is 0.328 e. The van der Waals surface area contributed by atoms with Gasteiger partial charge in [0.15, 0.2) is 0 Å². The van der Waals surface area contributed by atoms with E-state index in [1.165, 1.54) is 25.2 Å². The van der Waals surface area contributed by atoms with Crippen molar-refractivity contribution >= 4 is 29.7 Å². The SMILES string of the molecule is COC(=O)CN(CC(=O)OC)c1cccc(/C=C/C(=O)O)c1. The van der Waals surface area contributed by atoms with Gasteiger partial charge in [0.05, 0.1) is 14.2 Å². The van der Waals surface area contributed by atoms with Crippen LogP contribution in [0.25, 0.3) is 6.08 Å². The summed E-state index contributed by atoms with van der Waals surface area (Å²) in [5.41, 5.74) is 1.20. The van der Waals surface area contributed by atoms with Crippen LogP contribution in [0.2, 0.25) is 0 Å². The lowest BCUT2D eigenvalue weighted by atomic mass is 10.1. The number of hydrogen-bond acceptors (Lipinski definition) is 6. The Hall–Kier alpha value is -2.83. The van der Waals surface area contributed by atoms with E-state index in [1.807, 2.05) is 0 Å². The highest BCUT2D eigenvalue weighted by molar-refractivity contribution is 5.86. The number of carboxylic acid groups (broad SMARTS) is 1. The molecule has 0 saturated carbocycles. The summed E-state index contributed by atoms with van der Waals surface area (Å²) < 4.78 is 9.20. The molecule has 0 spiro atoms. The first-order valence-corrected chi connectivity index (χ1v) is 6.36. The van der Waals surface area contributed by atoms with Gasteiger partial charge in [-0.25, -0.2) is 4.79 Å². The predicted octanol–water partition coefficient (Wildman–Crippen LogP) is 0.937. The summed E-state index contributed by atoms with van der Waals surface area (Å²) in [7, 11) is 2.51. The van der Waals surface area contributed by atoms with Gasteiger partial charge in [-0.15, -0.1) is 0 Å². The molecule has 0 unspecified atom stereocenters. The van der Waals surface area contributed by atoms with Crippen LogP contribution in [0, 0.1) is 0 Å². The van der Waals surface area contributed by atoms with E-state index >= 15 is 0 Å². The number of hydrogen-bond donors (Lipinski definition) is 1. The highest BCUT2D eigenvalue weighted by Gasteiger charge is 2.16. The summed E-state index contributed by atoms with van der Waals surface area (Å²) in [6, 6.07) is 6.76. The molecular weight excluding hydrogens is 290 g/mol. The number of aliphatic carboxylic acids is 1. The van der Waals surface area contributed by atoms with Gasteiger partial charge in [-0.1, -0.05) is 12.1 Å². The molecule has 0 aliphatic carbocycles. The number of nitrogens with zero attached hydrogens (tertiary/aromatic N) is 1. The Kier molecular flexibility index (Phi) is 6.62. The highest BCUT2D eigenvalue weighted by Crippen LogP contribution is 2.17. The van der Waals surface area contributed by atoms with Gasteiger partial charge in [0.2, 0.25) is 0 Å². The lowest BCUT2D eigenvalue weighted by Crippen LogP contribution is -2.35. The maximum Gasteiger partial charge on any atom is 0.328 e. The second-order valence-electron chi connectivity index (χ2n) is 4.27. The zero-order valence-corrected chi connectivity index (χ0v) is 12.3. The Morgan fingerprint density at radius 2 is 1.73 bits per heavy atom. The molecule has 0 radical (unpaired) electrons. The maximum absolute atomic E-state index is 11.5. The van der Waals surface area contributed by atoms with E-state index in [-0.39, 0.29) is 13.1 Å². The van der Waals surface area contributed by atoms with Crippen molar-refractivity contribution < 1.29 is 29.0 Å². The average molecular weight is 307 g/mol. The molecule has 22 heavy (non-hydrogen) atoms. The summed E-state index contributed by atoms with van der Waals surface area (Å²) in [6.07, 6.45) is 2.42. The maximum atomic E-state index is 11.5. The van der Waals surface area contributed by atoms with Crippen LogP contribution >= 0.6 is 0 Å². The molecule has 0 aliphatic rings. The van der Waals surface area contributed by atoms with E-state index in [4.69, 9.17) is 5.11 Å². The number of methoxy groups -OCH3 is 2. The summed E-state index contributed by atoms with van der Waals surface area (Å²) in [4.78, 5) is 34.9. The third-order valence-electron chi connectivity index (χ3n) is 2.75. The van der Waals surface area contributed by atoms with Crippen molar-refractivity contribution in [2.75, 3.05) is 32.2 Å². The second-order valence-corrected chi connectivity index (χ2v) is 4.27. The van der Waals surface area contributed by atoms with Gasteiger partial charge >= 0.3 is 17.9 Å². The van der Waals surface area contributed by atoms with Crippen molar-refractivity contribution in [3.63, 3.8) is 0 Å². The van der Waals surface area contributed by atoms with Crippen LogP contribution in [0.1, 0.15) is 5.56 Å². The Morgan fingerprint density at radius 1 is 1.14 bits per heavy atom. The van der Waals surface area contributed by atoms with E-state index in [9.17, 15) is 14.4 Å². The van der Waals surface area contributed by atoms with Gasteiger partial charge in [-0.05, 0) is 23.8 Å². The minimum atomic E-state index is -1.06. The Morgan fingerprint density at radius 3 is 2.23 bits per heavy atom. The first-order valence-electron chi connectivity index (χ1n) is 6.36. The molecule has 1 aromatic carbocycles. The summed E-state index contributed by atoms with van der Waals surface area (Å²) in [6.45, 7) is -0.255. The topological polar surface area (TPSA) is 93.1 Å². The normalized spacial score (nSPS) is 10.3. The molecule has 0 amide bonds. The van der Waals surface area contributed by atoms with Crippen molar-refractivity contribution in [1.29, 1.82) is 0 Å². The summed E-state index contributed by atoms with van der Waals surface area (Å²) in [5.74, 6) is -2.07. The van der Waals surface area contributed by atoms with Crippen molar-refractivity contribution in [2.45, 2.75) is 0 Å². The van der Waals surface area contributed by atoms with Crippen LogP contribution in [0.4, 0.5) is 5.69 Å². The summed E-state index contributed by atoms with van der Waals surface area (Å²) >= 11 is 0. The highest BCUT2D eigenvalue weighted by atomic mass is 16.5. The van der Waals surface area contributed by atoms with Gasteiger partial charge in [0.25, 0.3) is 0 Å². The molecule has 0 saturated heterocycles. The number of rotatable bonds is 7. The van der Waals surface area contributed by atoms with Crippen molar-refractivity contribution in [2.24, 2.45) is 0 Å². The van der Waals surface area contributed by atoms with E-state index < -0.39 is 17.9 Å². The predicted molar refractivity (Wildman–Crippen MR) is 79.4 cm³/mol. The molecule has 0 bridgehead atoms. The molecular formula is C15H17NO6. The Balaban J connectivity index is 3.02. The first-order chi connectivity index (χ1) is 10.5. The average Bonchev–Trinajstić information content (AvgIpc) is 2.52. The van der Waals surface area contributed by atoms with Crippen molar-refractivity contribution in [3.8, 4) is 0 Å². The molecule has 0 fully saturated rings. The van der Waals surface area contributed by atoms with E-state index in [0.29, 0.717) is 11.3 Å². The van der Waals surface area contributed by atoms with Gasteiger partial charge < -0.3 is 19.5 Å². The molecule has 0 aromatic heterocycles. The summed E-state index contributed by atoms with van der Waals surface area (Å²) in [5, 5.41) is 8.64. The zero-order chi connectivity index (χ0) is 16.5. The number of benzene rings is 1. The van der Waals surface area contributed by atoms with Crippen LogP contribution in [-0.2, 0) is 23.9 Å². The molecule has 0 heterocycles. The molecule has 1 rings (SSSR count). The molecule has 118 valence electrons. The van der Waals surface area contributed by atoms with Crippen LogP contribution in [0.15, 0.2) is 30.3 Å². The molecule has 0 aliphatic heterocycles. The standard InChI is InChI=1S/C15H17NO6/c1-21-14(19)9-16(10-15(20)22-2)12-5-3-4-11(8-12)6-7-13(17)18/h3-8H,9-10H2,1-2H3,(H,17,18)/b7-6+. The number of carbonyl (C=O) groups excluding carboxylic acids is 2. The fraction of sp³-hybridized carbons (Fsp3) is 0.267. The molecule has 7 heteroatoms. The van der Waals surface area contributed by atoms with Gasteiger partial charge in [0, 0.05) is 11.8 Å². The van der Waals surface area contributed by atoms with Crippen LogP contribution < -0.4 is 4.90 Å². The third kappa shape index (κ3) is 5.66. The molecule has 7 nitrogen and oxygen atoms in total. The van der Waals surface area contributed by atoms with Crippen molar-refractivity contribution in [3.05, 3.63) is 35.9 Å². The van der Waals surface area contributed by atoms with E-state index in [0.717, 1.165) is 6.08 Å². The zero-order valence-electron chi connectivity index (χ0n) is 12.3. The lowest BCUT2D eigenvalue weighted by molar-refractivity contribution is -0.140. The quantitative estimate of drug-likeness (QED) is 0.592. The number of ether oxygens (including phenoxy) is 2. The molecule has 0 atom stereocenters. The molecule has 1 N–H and O–H groups in total. The number of carboxylic acids is 1. The molecule has 1 aromatic rings. The van der Waals surface area contributed by atoms with E-state index in [2.05, 4.69) is 9.47 Å². The Bertz CT molecular complexity index is 563. The second kappa shape index (κ2) is 8.46. The number of esters is 2. The van der Waals surface area contributed by atoms with Crippen LogP contribution in [0.3, 0.4) is 0 Å². The van der Waals surface area contributed by atoms with Gasteiger partial charge in [-0.3, -0.25) is 9.59 Å². The minimum absolute atomic E-state index is 0.127.